The van der Waals surface area contributed by atoms with E-state index in [4.69, 9.17) is 4.98 Å². The van der Waals surface area contributed by atoms with Crippen molar-refractivity contribution in [3.63, 3.8) is 0 Å². The quantitative estimate of drug-likeness (QED) is 0.731. The van der Waals surface area contributed by atoms with Crippen LogP contribution in [0.25, 0.3) is 11.2 Å². The van der Waals surface area contributed by atoms with Gasteiger partial charge in [-0.1, -0.05) is 0 Å². The number of hydrogen-bond donors (Lipinski definition) is 0. The molecule has 1 fully saturated rings. The van der Waals surface area contributed by atoms with Crippen LogP contribution in [0.3, 0.4) is 0 Å². The zero-order valence-corrected chi connectivity index (χ0v) is 14.5. The lowest BCUT2D eigenvalue weighted by Crippen LogP contribution is -2.20. The second-order valence-electron chi connectivity index (χ2n) is 6.31. The van der Waals surface area contributed by atoms with E-state index in [1.165, 1.54) is 22.7 Å². The van der Waals surface area contributed by atoms with Crippen LogP contribution in [0.2, 0.25) is 0 Å². The number of thiophene rings is 1. The molecule has 0 spiro atoms. The number of hydrogen-bond acceptors (Lipinski definition) is 4. The van der Waals surface area contributed by atoms with Crippen molar-refractivity contribution in [1.82, 2.24) is 19.4 Å². The first-order chi connectivity index (χ1) is 11.3. The average Bonchev–Trinajstić information content (AvgIpc) is 3.26. The summed E-state index contributed by atoms with van der Waals surface area (Å²) < 4.78 is 2.29. The maximum absolute atomic E-state index is 4.89. The Kier molecular flexibility index (Phi) is 3.91. The van der Waals surface area contributed by atoms with Crippen molar-refractivity contribution in [3.8, 4) is 0 Å². The van der Waals surface area contributed by atoms with Crippen molar-refractivity contribution >= 4 is 22.5 Å². The first-order valence-corrected chi connectivity index (χ1v) is 9.20. The number of aryl methyl sites for hydroxylation is 2. The molecule has 23 heavy (non-hydrogen) atoms. The molecule has 0 aromatic carbocycles. The van der Waals surface area contributed by atoms with Gasteiger partial charge in [0.25, 0.3) is 0 Å². The topological polar surface area (TPSA) is 34.0 Å². The predicted molar refractivity (Wildman–Crippen MR) is 94.9 cm³/mol. The third kappa shape index (κ3) is 2.68. The Bertz CT molecular complexity index is 819. The number of nitrogens with zero attached hydrogens (tertiary/aromatic N) is 4. The molecule has 0 bridgehead atoms. The minimum absolute atomic E-state index is 0.518. The number of likely N-dealkylation sites (tertiary alicyclic amines) is 1. The molecule has 1 unspecified atom stereocenters. The summed E-state index contributed by atoms with van der Waals surface area (Å²) in [5, 5.41) is 2.19. The van der Waals surface area contributed by atoms with Gasteiger partial charge in [-0.25, -0.2) is 9.97 Å². The van der Waals surface area contributed by atoms with Gasteiger partial charge in [-0.3, -0.25) is 4.90 Å². The molecule has 4 nitrogen and oxygen atoms in total. The first kappa shape index (κ1) is 14.8. The Balaban J connectivity index is 1.57. The lowest BCUT2D eigenvalue weighted by Gasteiger charge is -2.16. The highest BCUT2D eigenvalue weighted by Gasteiger charge is 2.28. The molecule has 1 saturated heterocycles. The Morgan fingerprint density at radius 2 is 2.26 bits per heavy atom. The van der Waals surface area contributed by atoms with E-state index in [1.54, 1.807) is 0 Å². The highest BCUT2D eigenvalue weighted by molar-refractivity contribution is 7.10. The molecule has 120 valence electrons. The van der Waals surface area contributed by atoms with Crippen LogP contribution in [0.4, 0.5) is 0 Å². The summed E-state index contributed by atoms with van der Waals surface area (Å²) in [6.45, 7) is 8.65. The zero-order chi connectivity index (χ0) is 15.8. The van der Waals surface area contributed by atoms with Crippen molar-refractivity contribution < 1.29 is 0 Å². The summed E-state index contributed by atoms with van der Waals surface area (Å²) in [5.74, 6) is 1.73. The van der Waals surface area contributed by atoms with Crippen molar-refractivity contribution in [2.75, 3.05) is 13.1 Å². The van der Waals surface area contributed by atoms with Gasteiger partial charge in [0.2, 0.25) is 0 Å². The van der Waals surface area contributed by atoms with E-state index in [0.717, 1.165) is 37.3 Å². The average molecular weight is 326 g/mol. The third-order valence-electron chi connectivity index (χ3n) is 4.82. The van der Waals surface area contributed by atoms with Crippen LogP contribution in [0.5, 0.6) is 0 Å². The van der Waals surface area contributed by atoms with Gasteiger partial charge in [0, 0.05) is 36.6 Å². The highest BCUT2D eigenvalue weighted by atomic mass is 32.1. The maximum Gasteiger partial charge on any atom is 0.159 e. The van der Waals surface area contributed by atoms with E-state index in [9.17, 15) is 0 Å². The Morgan fingerprint density at radius 1 is 1.35 bits per heavy atom. The third-order valence-corrected chi connectivity index (χ3v) is 5.83. The highest BCUT2D eigenvalue weighted by Crippen LogP contribution is 2.30. The van der Waals surface area contributed by atoms with Crippen LogP contribution in [0.1, 0.15) is 35.5 Å². The molecule has 0 N–H and O–H groups in total. The van der Waals surface area contributed by atoms with E-state index in [2.05, 4.69) is 45.8 Å². The van der Waals surface area contributed by atoms with Crippen molar-refractivity contribution in [1.29, 1.82) is 0 Å². The van der Waals surface area contributed by atoms with Crippen molar-refractivity contribution in [3.05, 3.63) is 46.0 Å². The molecule has 1 aliphatic heterocycles. The SMILES string of the molecule is CCn1c(C2CCN(Cc3sccc3C)C2)nc2cccnc21. The largest absolute Gasteiger partial charge is 0.313 e. The summed E-state index contributed by atoms with van der Waals surface area (Å²) in [6.07, 6.45) is 3.05. The van der Waals surface area contributed by atoms with Crippen LogP contribution in [-0.2, 0) is 13.1 Å². The van der Waals surface area contributed by atoms with Gasteiger partial charge in [-0.05, 0) is 56.0 Å². The molecule has 4 heterocycles. The van der Waals surface area contributed by atoms with E-state index < -0.39 is 0 Å². The number of aromatic nitrogens is 3. The summed E-state index contributed by atoms with van der Waals surface area (Å²) in [4.78, 5) is 13.5. The van der Waals surface area contributed by atoms with Gasteiger partial charge in [-0.2, -0.15) is 0 Å². The minimum Gasteiger partial charge on any atom is -0.313 e. The van der Waals surface area contributed by atoms with Crippen LogP contribution in [0.15, 0.2) is 29.8 Å². The zero-order valence-electron chi connectivity index (χ0n) is 13.7. The molecule has 0 radical (unpaired) electrons. The van der Waals surface area contributed by atoms with Gasteiger partial charge in [-0.15, -0.1) is 11.3 Å². The van der Waals surface area contributed by atoms with Crippen molar-refractivity contribution in [2.24, 2.45) is 0 Å². The Hall–Kier alpha value is -1.72. The van der Waals surface area contributed by atoms with Crippen molar-refractivity contribution in [2.45, 2.75) is 39.3 Å². The van der Waals surface area contributed by atoms with Gasteiger partial charge in [0.1, 0.15) is 11.3 Å². The smallest absolute Gasteiger partial charge is 0.159 e. The second-order valence-corrected chi connectivity index (χ2v) is 7.31. The molecule has 1 aliphatic rings. The van der Waals surface area contributed by atoms with E-state index in [1.807, 2.05) is 23.6 Å². The van der Waals surface area contributed by atoms with E-state index >= 15 is 0 Å². The van der Waals surface area contributed by atoms with Gasteiger partial charge in [0.05, 0.1) is 0 Å². The Morgan fingerprint density at radius 3 is 3.04 bits per heavy atom. The molecule has 3 aromatic rings. The fraction of sp³-hybridized carbons (Fsp3) is 0.444. The van der Waals surface area contributed by atoms with Crippen LogP contribution in [-0.4, -0.2) is 32.5 Å². The monoisotopic (exact) mass is 326 g/mol. The van der Waals surface area contributed by atoms with Gasteiger partial charge >= 0.3 is 0 Å². The molecule has 0 amide bonds. The van der Waals surface area contributed by atoms with E-state index in [0.29, 0.717) is 5.92 Å². The second kappa shape index (κ2) is 6.06. The van der Waals surface area contributed by atoms with Gasteiger partial charge < -0.3 is 4.57 Å². The molecule has 0 saturated carbocycles. The first-order valence-electron chi connectivity index (χ1n) is 8.32. The lowest BCUT2D eigenvalue weighted by atomic mass is 10.1. The standard InChI is InChI=1S/C18H22N4S/c1-3-22-17(20-15-5-4-8-19-18(15)22)14-6-9-21(11-14)12-16-13(2)7-10-23-16/h4-5,7-8,10,14H,3,6,9,11-12H2,1-2H3. The number of pyridine rings is 1. The summed E-state index contributed by atoms with van der Waals surface area (Å²) >= 11 is 1.87. The van der Waals surface area contributed by atoms with Gasteiger partial charge in [0.15, 0.2) is 5.65 Å². The minimum atomic E-state index is 0.518. The summed E-state index contributed by atoms with van der Waals surface area (Å²) in [7, 11) is 0. The number of fused-ring (bicyclic) bond motifs is 1. The molecule has 3 aromatic heterocycles. The van der Waals surface area contributed by atoms with E-state index in [-0.39, 0.29) is 0 Å². The molecular weight excluding hydrogens is 304 g/mol. The van der Waals surface area contributed by atoms with Crippen LogP contribution >= 0.6 is 11.3 Å². The maximum atomic E-state index is 4.89. The Labute approximate surface area is 140 Å². The fourth-order valence-corrected chi connectivity index (χ4v) is 4.50. The molecule has 5 heteroatoms. The lowest BCUT2D eigenvalue weighted by molar-refractivity contribution is 0.327. The van der Waals surface area contributed by atoms with Crippen LogP contribution < -0.4 is 0 Å². The molecular formula is C18H22N4S. The normalized spacial score (nSPS) is 19.0. The molecule has 0 aliphatic carbocycles. The number of imidazole rings is 1. The number of rotatable bonds is 4. The summed E-state index contributed by atoms with van der Waals surface area (Å²) in [6, 6.07) is 6.26. The van der Waals surface area contributed by atoms with Crippen LogP contribution in [0, 0.1) is 6.92 Å². The molecule has 1 atom stereocenters. The predicted octanol–water partition coefficient (Wildman–Crippen LogP) is 3.81. The fourth-order valence-electron chi connectivity index (χ4n) is 3.56. The summed E-state index contributed by atoms with van der Waals surface area (Å²) in [5.41, 5.74) is 3.47. The molecule has 4 rings (SSSR count).